The third kappa shape index (κ3) is 2.40. The van der Waals surface area contributed by atoms with Crippen LogP contribution < -0.4 is 0 Å². The van der Waals surface area contributed by atoms with Crippen LogP contribution >= 0.6 is 0 Å². The van der Waals surface area contributed by atoms with Crippen LogP contribution in [0.15, 0.2) is 48.7 Å². The van der Waals surface area contributed by atoms with Gasteiger partial charge in [0, 0.05) is 23.0 Å². The minimum atomic E-state index is -0.637. The molecule has 0 bridgehead atoms. The average Bonchev–Trinajstić information content (AvgIpc) is 2.46. The number of fused-ring (bicyclic) bond motifs is 1. The van der Waals surface area contributed by atoms with Gasteiger partial charge in [0.15, 0.2) is 0 Å². The first-order chi connectivity index (χ1) is 9.63. The van der Waals surface area contributed by atoms with Gasteiger partial charge in [-0.05, 0) is 55.3 Å². The molecule has 1 unspecified atom stereocenters. The molecule has 0 saturated carbocycles. The molecule has 0 fully saturated rings. The lowest BCUT2D eigenvalue weighted by atomic mass is 10.00. The molecule has 100 valence electrons. The van der Waals surface area contributed by atoms with Crippen LogP contribution in [0, 0.1) is 13.8 Å². The number of pyridine rings is 2. The van der Waals surface area contributed by atoms with Crippen molar-refractivity contribution in [1.29, 1.82) is 0 Å². The van der Waals surface area contributed by atoms with Crippen LogP contribution in [0.4, 0.5) is 0 Å². The van der Waals surface area contributed by atoms with Gasteiger partial charge >= 0.3 is 0 Å². The number of rotatable bonds is 2. The third-order valence-corrected chi connectivity index (χ3v) is 3.40. The van der Waals surface area contributed by atoms with Gasteiger partial charge in [0.2, 0.25) is 0 Å². The summed E-state index contributed by atoms with van der Waals surface area (Å²) in [7, 11) is 0. The Morgan fingerprint density at radius 1 is 0.900 bits per heavy atom. The number of hydrogen-bond acceptors (Lipinski definition) is 3. The summed E-state index contributed by atoms with van der Waals surface area (Å²) in [5.74, 6) is 0. The molecule has 0 saturated heterocycles. The largest absolute Gasteiger partial charge is 0.384 e. The van der Waals surface area contributed by atoms with Crippen molar-refractivity contribution in [3.63, 3.8) is 0 Å². The molecule has 0 amide bonds. The molecule has 1 aromatic carbocycles. The van der Waals surface area contributed by atoms with E-state index in [-0.39, 0.29) is 0 Å². The molecule has 0 aliphatic rings. The molecule has 20 heavy (non-hydrogen) atoms. The van der Waals surface area contributed by atoms with Crippen LogP contribution in [0.1, 0.15) is 28.6 Å². The summed E-state index contributed by atoms with van der Waals surface area (Å²) in [4.78, 5) is 8.63. The van der Waals surface area contributed by atoms with Crippen LogP contribution in [0.25, 0.3) is 10.9 Å². The van der Waals surface area contributed by atoms with Gasteiger partial charge in [-0.1, -0.05) is 12.1 Å². The van der Waals surface area contributed by atoms with Crippen molar-refractivity contribution in [3.05, 3.63) is 71.2 Å². The Bertz CT molecular complexity index is 768. The number of aliphatic hydroxyl groups excluding tert-OH is 1. The number of nitrogens with zero attached hydrogens (tertiary/aromatic N) is 2. The lowest BCUT2D eigenvalue weighted by Gasteiger charge is -2.12. The first-order valence-electron chi connectivity index (χ1n) is 6.61. The van der Waals surface area contributed by atoms with E-state index < -0.39 is 6.10 Å². The molecular formula is C17H16N2O. The van der Waals surface area contributed by atoms with Crippen LogP contribution in [-0.2, 0) is 0 Å². The normalized spacial score (nSPS) is 12.6. The second-order valence-electron chi connectivity index (χ2n) is 5.04. The fourth-order valence-electron chi connectivity index (χ4n) is 2.35. The molecule has 2 aromatic heterocycles. The van der Waals surface area contributed by atoms with Crippen molar-refractivity contribution < 1.29 is 5.11 Å². The van der Waals surface area contributed by atoms with Crippen LogP contribution in [0.3, 0.4) is 0 Å². The maximum Gasteiger partial charge on any atom is 0.104 e. The van der Waals surface area contributed by atoms with Crippen molar-refractivity contribution in [2.24, 2.45) is 0 Å². The van der Waals surface area contributed by atoms with E-state index in [0.29, 0.717) is 0 Å². The second-order valence-corrected chi connectivity index (χ2v) is 5.04. The molecule has 1 atom stereocenters. The van der Waals surface area contributed by atoms with Gasteiger partial charge in [0.05, 0.1) is 5.52 Å². The zero-order chi connectivity index (χ0) is 14.1. The van der Waals surface area contributed by atoms with Gasteiger partial charge in [-0.15, -0.1) is 0 Å². The Kier molecular flexibility index (Phi) is 3.20. The summed E-state index contributed by atoms with van der Waals surface area (Å²) < 4.78 is 0. The Balaban J connectivity index is 2.03. The van der Waals surface area contributed by atoms with Gasteiger partial charge in [0.1, 0.15) is 6.10 Å². The first-order valence-corrected chi connectivity index (χ1v) is 6.61. The van der Waals surface area contributed by atoms with Crippen molar-refractivity contribution in [3.8, 4) is 0 Å². The maximum absolute atomic E-state index is 10.5. The monoisotopic (exact) mass is 264 g/mol. The fraction of sp³-hybridized carbons (Fsp3) is 0.176. The molecular weight excluding hydrogens is 248 g/mol. The molecule has 2 heterocycles. The highest BCUT2D eigenvalue weighted by atomic mass is 16.3. The number of hydrogen-bond donors (Lipinski definition) is 1. The Morgan fingerprint density at radius 3 is 2.50 bits per heavy atom. The molecule has 3 rings (SSSR count). The number of aryl methyl sites for hydroxylation is 2. The number of aromatic nitrogens is 2. The highest BCUT2D eigenvalue weighted by Crippen LogP contribution is 2.25. The Morgan fingerprint density at radius 2 is 1.70 bits per heavy atom. The first kappa shape index (κ1) is 12.8. The molecule has 3 aromatic rings. The number of benzene rings is 1. The summed E-state index contributed by atoms with van der Waals surface area (Å²) in [6, 6.07) is 13.6. The quantitative estimate of drug-likeness (QED) is 0.772. The van der Waals surface area contributed by atoms with Gasteiger partial charge in [0.25, 0.3) is 0 Å². The maximum atomic E-state index is 10.5. The zero-order valence-electron chi connectivity index (χ0n) is 11.5. The van der Waals surface area contributed by atoms with Gasteiger partial charge in [-0.2, -0.15) is 0 Å². The van der Waals surface area contributed by atoms with E-state index in [1.807, 2.05) is 56.3 Å². The Hall–Kier alpha value is -2.26. The lowest BCUT2D eigenvalue weighted by molar-refractivity contribution is 0.220. The minimum absolute atomic E-state index is 0.637. The van der Waals surface area contributed by atoms with Gasteiger partial charge in [-0.3, -0.25) is 9.97 Å². The molecule has 0 aliphatic heterocycles. The highest BCUT2D eigenvalue weighted by molar-refractivity contribution is 5.79. The lowest BCUT2D eigenvalue weighted by Crippen LogP contribution is -2.00. The summed E-state index contributed by atoms with van der Waals surface area (Å²) >= 11 is 0. The van der Waals surface area contributed by atoms with Crippen molar-refractivity contribution in [2.45, 2.75) is 20.0 Å². The Labute approximate surface area is 117 Å². The predicted molar refractivity (Wildman–Crippen MR) is 79.5 cm³/mol. The summed E-state index contributed by atoms with van der Waals surface area (Å²) in [6.45, 7) is 3.89. The molecule has 3 nitrogen and oxygen atoms in total. The fourth-order valence-corrected chi connectivity index (χ4v) is 2.35. The van der Waals surface area contributed by atoms with Crippen molar-refractivity contribution >= 4 is 10.9 Å². The average molecular weight is 264 g/mol. The summed E-state index contributed by atoms with van der Waals surface area (Å²) in [6.07, 6.45) is 1.09. The van der Waals surface area contributed by atoms with Gasteiger partial charge in [-0.25, -0.2) is 0 Å². The van der Waals surface area contributed by atoms with Crippen LogP contribution in [0.2, 0.25) is 0 Å². The zero-order valence-corrected chi connectivity index (χ0v) is 11.5. The molecule has 1 N–H and O–H groups in total. The smallest absolute Gasteiger partial charge is 0.104 e. The van der Waals surface area contributed by atoms with E-state index >= 15 is 0 Å². The molecule has 0 spiro atoms. The second kappa shape index (κ2) is 5.02. The SMILES string of the molecule is Cc1cc(C(O)c2ccc3nc(C)ccc3c2)ccn1. The standard InChI is InChI=1S/C17H16N2O/c1-11-3-4-13-10-14(5-6-16(13)19-11)17(20)15-7-8-18-12(2)9-15/h3-10,17,20H,1-2H3. The van der Waals surface area contributed by atoms with Gasteiger partial charge < -0.3 is 5.11 Å². The molecule has 0 radical (unpaired) electrons. The summed E-state index contributed by atoms with van der Waals surface area (Å²) in [5.41, 5.74) is 4.58. The van der Waals surface area contributed by atoms with E-state index in [1.165, 1.54) is 0 Å². The molecule has 3 heteroatoms. The predicted octanol–water partition coefficient (Wildman–Crippen LogP) is 3.33. The van der Waals surface area contributed by atoms with E-state index in [9.17, 15) is 5.11 Å². The number of aliphatic hydroxyl groups is 1. The third-order valence-electron chi connectivity index (χ3n) is 3.40. The molecule has 0 aliphatic carbocycles. The summed E-state index contributed by atoms with van der Waals surface area (Å²) in [5, 5.41) is 11.5. The van der Waals surface area contributed by atoms with Crippen molar-refractivity contribution in [1.82, 2.24) is 9.97 Å². The topological polar surface area (TPSA) is 46.0 Å². The van der Waals surface area contributed by atoms with E-state index in [4.69, 9.17) is 0 Å². The van der Waals surface area contributed by atoms with Crippen LogP contribution in [-0.4, -0.2) is 15.1 Å². The van der Waals surface area contributed by atoms with E-state index in [2.05, 4.69) is 9.97 Å². The minimum Gasteiger partial charge on any atom is -0.384 e. The van der Waals surface area contributed by atoms with Crippen LogP contribution in [0.5, 0.6) is 0 Å². The van der Waals surface area contributed by atoms with E-state index in [1.54, 1.807) is 6.20 Å². The van der Waals surface area contributed by atoms with Crippen molar-refractivity contribution in [2.75, 3.05) is 0 Å². The van der Waals surface area contributed by atoms with E-state index in [0.717, 1.165) is 33.4 Å². The highest BCUT2D eigenvalue weighted by Gasteiger charge is 2.11.